The molecule has 2 heterocycles. The molecule has 0 radical (unpaired) electrons. The second kappa shape index (κ2) is 4.97. The van der Waals surface area contributed by atoms with Gasteiger partial charge in [0.05, 0.1) is 11.9 Å². The second-order valence-corrected chi connectivity index (χ2v) is 4.80. The standard InChI is InChI=1S/C15H13FN4O/c1-9-6-13(8-20-14(9)17-10(2)19-20)18-15(21)11-4-3-5-12(16)7-11/h3-8H,1-2H3,(H,18,21). The van der Waals surface area contributed by atoms with Gasteiger partial charge < -0.3 is 5.32 Å². The average molecular weight is 284 g/mol. The molecular formula is C15H13FN4O. The maximum Gasteiger partial charge on any atom is 0.255 e. The predicted octanol–water partition coefficient (Wildman–Crippen LogP) is 2.74. The lowest BCUT2D eigenvalue weighted by Crippen LogP contribution is -2.13. The highest BCUT2D eigenvalue weighted by Crippen LogP contribution is 2.16. The largest absolute Gasteiger partial charge is 0.321 e. The van der Waals surface area contributed by atoms with Gasteiger partial charge in [-0.1, -0.05) is 6.07 Å². The van der Waals surface area contributed by atoms with Gasteiger partial charge in [0.15, 0.2) is 5.65 Å². The van der Waals surface area contributed by atoms with E-state index < -0.39 is 5.82 Å². The summed E-state index contributed by atoms with van der Waals surface area (Å²) >= 11 is 0. The number of nitrogens with one attached hydrogen (secondary N) is 1. The summed E-state index contributed by atoms with van der Waals surface area (Å²) in [7, 11) is 0. The predicted molar refractivity (Wildman–Crippen MR) is 76.8 cm³/mol. The van der Waals surface area contributed by atoms with E-state index in [1.165, 1.54) is 18.2 Å². The van der Waals surface area contributed by atoms with E-state index in [1.807, 2.05) is 6.92 Å². The summed E-state index contributed by atoms with van der Waals surface area (Å²) in [4.78, 5) is 16.4. The Bertz CT molecular complexity index is 841. The van der Waals surface area contributed by atoms with Gasteiger partial charge in [-0.3, -0.25) is 4.79 Å². The first kappa shape index (κ1) is 13.2. The van der Waals surface area contributed by atoms with Gasteiger partial charge in [0.1, 0.15) is 11.6 Å². The van der Waals surface area contributed by atoms with E-state index in [1.54, 1.807) is 29.8 Å². The molecule has 0 fully saturated rings. The number of amides is 1. The number of fused-ring (bicyclic) bond motifs is 1. The molecule has 5 nitrogen and oxygen atoms in total. The minimum atomic E-state index is -0.443. The Kier molecular flexibility index (Phi) is 3.13. The van der Waals surface area contributed by atoms with Gasteiger partial charge in [-0.05, 0) is 43.7 Å². The van der Waals surface area contributed by atoms with Crippen LogP contribution in [-0.2, 0) is 0 Å². The van der Waals surface area contributed by atoms with Gasteiger partial charge >= 0.3 is 0 Å². The van der Waals surface area contributed by atoms with Crippen LogP contribution in [0.1, 0.15) is 21.7 Å². The molecule has 2 aromatic heterocycles. The molecule has 6 heteroatoms. The first-order valence-corrected chi connectivity index (χ1v) is 6.43. The van der Waals surface area contributed by atoms with Crippen LogP contribution in [0, 0.1) is 19.7 Å². The molecule has 1 N–H and O–H groups in total. The highest BCUT2D eigenvalue weighted by atomic mass is 19.1. The van der Waals surface area contributed by atoms with Gasteiger partial charge in [-0.15, -0.1) is 0 Å². The Morgan fingerprint density at radius 3 is 2.86 bits per heavy atom. The van der Waals surface area contributed by atoms with Crippen molar-refractivity contribution in [3.05, 3.63) is 59.3 Å². The number of hydrogen-bond acceptors (Lipinski definition) is 3. The number of anilines is 1. The minimum Gasteiger partial charge on any atom is -0.321 e. The van der Waals surface area contributed by atoms with E-state index in [-0.39, 0.29) is 11.5 Å². The SMILES string of the molecule is Cc1nc2c(C)cc(NC(=O)c3cccc(F)c3)cn2n1. The van der Waals surface area contributed by atoms with Crippen molar-refractivity contribution in [1.82, 2.24) is 14.6 Å². The van der Waals surface area contributed by atoms with Crippen molar-refractivity contribution in [3.63, 3.8) is 0 Å². The average Bonchev–Trinajstić information content (AvgIpc) is 2.80. The molecule has 0 aliphatic carbocycles. The van der Waals surface area contributed by atoms with Crippen molar-refractivity contribution in [3.8, 4) is 0 Å². The number of carbonyl (C=O) groups excluding carboxylic acids is 1. The Balaban J connectivity index is 1.92. The van der Waals surface area contributed by atoms with Gasteiger partial charge in [0, 0.05) is 5.56 Å². The molecule has 1 amide bonds. The van der Waals surface area contributed by atoms with Gasteiger partial charge in [-0.25, -0.2) is 13.9 Å². The Morgan fingerprint density at radius 2 is 2.10 bits per heavy atom. The zero-order valence-electron chi connectivity index (χ0n) is 11.6. The van der Waals surface area contributed by atoms with E-state index in [0.29, 0.717) is 11.5 Å². The van der Waals surface area contributed by atoms with Crippen LogP contribution in [0.2, 0.25) is 0 Å². The number of aryl methyl sites for hydroxylation is 2. The van der Waals surface area contributed by atoms with E-state index in [0.717, 1.165) is 11.2 Å². The number of carbonyl (C=O) groups is 1. The first-order valence-electron chi connectivity index (χ1n) is 6.43. The molecule has 21 heavy (non-hydrogen) atoms. The maximum atomic E-state index is 13.1. The van der Waals surface area contributed by atoms with E-state index >= 15 is 0 Å². The minimum absolute atomic E-state index is 0.266. The van der Waals surface area contributed by atoms with Crippen molar-refractivity contribution < 1.29 is 9.18 Å². The number of halogens is 1. The second-order valence-electron chi connectivity index (χ2n) is 4.80. The molecule has 0 aliphatic heterocycles. The molecular weight excluding hydrogens is 271 g/mol. The summed E-state index contributed by atoms with van der Waals surface area (Å²) in [6.45, 7) is 3.69. The summed E-state index contributed by atoms with van der Waals surface area (Å²) in [5.41, 5.74) is 2.49. The lowest BCUT2D eigenvalue weighted by atomic mass is 10.2. The fourth-order valence-corrected chi connectivity index (χ4v) is 2.16. The molecule has 3 rings (SSSR count). The van der Waals surface area contributed by atoms with Crippen LogP contribution in [0.15, 0.2) is 36.5 Å². The fourth-order valence-electron chi connectivity index (χ4n) is 2.16. The molecule has 0 bridgehead atoms. The Labute approximate surface area is 120 Å². The summed E-state index contributed by atoms with van der Waals surface area (Å²) in [6.07, 6.45) is 1.68. The lowest BCUT2D eigenvalue weighted by molar-refractivity contribution is 0.102. The lowest BCUT2D eigenvalue weighted by Gasteiger charge is -2.07. The molecule has 1 aromatic carbocycles. The number of aromatic nitrogens is 3. The molecule has 0 atom stereocenters. The number of benzene rings is 1. The van der Waals surface area contributed by atoms with Gasteiger partial charge in [-0.2, -0.15) is 5.10 Å². The smallest absolute Gasteiger partial charge is 0.255 e. The molecule has 0 saturated carbocycles. The molecule has 0 spiro atoms. The summed E-state index contributed by atoms with van der Waals surface area (Å²) in [6, 6.07) is 7.36. The summed E-state index contributed by atoms with van der Waals surface area (Å²) < 4.78 is 14.8. The molecule has 0 saturated heterocycles. The number of pyridine rings is 1. The summed E-state index contributed by atoms with van der Waals surface area (Å²) in [5, 5.41) is 6.96. The molecule has 0 unspecified atom stereocenters. The Morgan fingerprint density at radius 1 is 1.29 bits per heavy atom. The van der Waals surface area contributed by atoms with Crippen molar-refractivity contribution in [2.75, 3.05) is 5.32 Å². The van der Waals surface area contributed by atoms with Crippen LogP contribution in [0.5, 0.6) is 0 Å². The van der Waals surface area contributed by atoms with E-state index in [9.17, 15) is 9.18 Å². The number of rotatable bonds is 2. The molecule has 106 valence electrons. The van der Waals surface area contributed by atoms with Crippen LogP contribution in [0.3, 0.4) is 0 Å². The highest BCUT2D eigenvalue weighted by molar-refractivity contribution is 6.04. The zero-order valence-corrected chi connectivity index (χ0v) is 11.6. The van der Waals surface area contributed by atoms with Gasteiger partial charge in [0.2, 0.25) is 0 Å². The summed E-state index contributed by atoms with van der Waals surface area (Å²) in [5.74, 6) is -0.155. The van der Waals surface area contributed by atoms with Crippen LogP contribution < -0.4 is 5.32 Å². The zero-order chi connectivity index (χ0) is 15.0. The van der Waals surface area contributed by atoms with Crippen molar-refractivity contribution >= 4 is 17.2 Å². The number of hydrogen-bond donors (Lipinski definition) is 1. The topological polar surface area (TPSA) is 59.3 Å². The third-order valence-corrected chi connectivity index (χ3v) is 3.07. The first-order chi connectivity index (χ1) is 10.0. The van der Waals surface area contributed by atoms with E-state index in [4.69, 9.17) is 0 Å². The van der Waals surface area contributed by atoms with Crippen molar-refractivity contribution in [1.29, 1.82) is 0 Å². The monoisotopic (exact) mass is 284 g/mol. The van der Waals surface area contributed by atoms with Crippen molar-refractivity contribution in [2.45, 2.75) is 13.8 Å². The number of nitrogens with zero attached hydrogens (tertiary/aromatic N) is 3. The third-order valence-electron chi connectivity index (χ3n) is 3.07. The quantitative estimate of drug-likeness (QED) is 0.787. The molecule has 0 aliphatic rings. The highest BCUT2D eigenvalue weighted by Gasteiger charge is 2.10. The molecule has 3 aromatic rings. The third kappa shape index (κ3) is 2.60. The van der Waals surface area contributed by atoms with Crippen LogP contribution in [0.25, 0.3) is 5.65 Å². The van der Waals surface area contributed by atoms with Crippen molar-refractivity contribution in [2.24, 2.45) is 0 Å². The van der Waals surface area contributed by atoms with Gasteiger partial charge in [0.25, 0.3) is 5.91 Å². The van der Waals surface area contributed by atoms with Crippen LogP contribution >= 0.6 is 0 Å². The van der Waals surface area contributed by atoms with Crippen LogP contribution in [0.4, 0.5) is 10.1 Å². The van der Waals surface area contributed by atoms with E-state index in [2.05, 4.69) is 15.4 Å². The maximum absolute atomic E-state index is 13.1. The Hall–Kier alpha value is -2.76. The van der Waals surface area contributed by atoms with Crippen LogP contribution in [-0.4, -0.2) is 20.5 Å². The normalized spacial score (nSPS) is 10.8. The fraction of sp³-hybridized carbons (Fsp3) is 0.133.